The molecule has 100 valence electrons. The van der Waals surface area contributed by atoms with E-state index in [9.17, 15) is 5.11 Å². The summed E-state index contributed by atoms with van der Waals surface area (Å²) in [5, 5.41) is 10.7. The third kappa shape index (κ3) is 3.14. The highest BCUT2D eigenvalue weighted by Crippen LogP contribution is 2.34. The average Bonchev–Trinajstić information content (AvgIpc) is 2.31. The normalized spacial score (nSPS) is 20.2. The number of aliphatic hydroxyl groups excluding tert-OH is 1. The summed E-state index contributed by atoms with van der Waals surface area (Å²) in [6, 6.07) is 6.30. The lowest BCUT2D eigenvalue weighted by molar-refractivity contribution is 0.0906. The first kappa shape index (κ1) is 13.6. The number of hydrogen-bond donors (Lipinski definition) is 1. The minimum atomic E-state index is -0.261. The van der Waals surface area contributed by atoms with E-state index in [-0.39, 0.29) is 6.10 Å². The molecule has 1 aromatic carbocycles. The molecule has 1 aliphatic carbocycles. The van der Waals surface area contributed by atoms with Crippen molar-refractivity contribution in [1.29, 1.82) is 0 Å². The molecule has 1 N–H and O–H groups in total. The lowest BCUT2D eigenvalue weighted by Gasteiger charge is -2.26. The molecule has 1 unspecified atom stereocenters. The number of benzene rings is 1. The van der Waals surface area contributed by atoms with Gasteiger partial charge in [-0.15, -0.1) is 0 Å². The summed E-state index contributed by atoms with van der Waals surface area (Å²) in [6.07, 6.45) is 8.75. The van der Waals surface area contributed by atoms with Gasteiger partial charge in [0.15, 0.2) is 0 Å². The molecule has 1 aliphatic rings. The molecule has 1 atom stereocenters. The molecule has 1 nitrogen and oxygen atoms in total. The molecule has 1 saturated carbocycles. The Labute approximate surface area is 111 Å². The Morgan fingerprint density at radius 3 is 2.28 bits per heavy atom. The molecule has 0 spiro atoms. The molecule has 0 bridgehead atoms. The van der Waals surface area contributed by atoms with Gasteiger partial charge in [0.25, 0.3) is 0 Å². The van der Waals surface area contributed by atoms with Crippen LogP contribution in [0, 0.1) is 19.8 Å². The maximum Gasteiger partial charge on any atom is 0.0820 e. The van der Waals surface area contributed by atoms with Crippen molar-refractivity contribution in [2.75, 3.05) is 0 Å². The highest BCUT2D eigenvalue weighted by Gasteiger charge is 2.22. The smallest absolute Gasteiger partial charge is 0.0820 e. The fourth-order valence-electron chi connectivity index (χ4n) is 3.15. The van der Waals surface area contributed by atoms with Crippen LogP contribution in [0.15, 0.2) is 18.2 Å². The summed E-state index contributed by atoms with van der Waals surface area (Å²) in [7, 11) is 0. The monoisotopic (exact) mass is 246 g/mol. The molecule has 0 radical (unpaired) electrons. The van der Waals surface area contributed by atoms with Crippen LogP contribution in [-0.2, 0) is 0 Å². The molecule has 1 fully saturated rings. The van der Waals surface area contributed by atoms with E-state index in [4.69, 9.17) is 0 Å². The van der Waals surface area contributed by atoms with Crippen molar-refractivity contribution in [3.63, 3.8) is 0 Å². The molecule has 0 saturated heterocycles. The van der Waals surface area contributed by atoms with E-state index in [0.29, 0.717) is 5.92 Å². The van der Waals surface area contributed by atoms with Gasteiger partial charge in [0, 0.05) is 0 Å². The average molecular weight is 246 g/mol. The number of rotatable bonds is 2. The van der Waals surface area contributed by atoms with Gasteiger partial charge >= 0.3 is 0 Å². The maximum atomic E-state index is 10.7. The largest absolute Gasteiger partial charge is 0.388 e. The Balaban J connectivity index is 2.13. The molecule has 0 aromatic heterocycles. The highest BCUT2D eigenvalue weighted by atomic mass is 16.3. The predicted octanol–water partition coefficient (Wildman–Crippen LogP) is 4.70. The fraction of sp³-hybridized carbons (Fsp3) is 0.647. The molecule has 0 heterocycles. The Morgan fingerprint density at radius 2 is 1.61 bits per heavy atom. The van der Waals surface area contributed by atoms with Crippen LogP contribution in [0.4, 0.5) is 0 Å². The van der Waals surface area contributed by atoms with Gasteiger partial charge in [-0.1, -0.05) is 50.3 Å². The summed E-state index contributed by atoms with van der Waals surface area (Å²) in [6.45, 7) is 4.26. The SMILES string of the molecule is Cc1cccc(C(O)C2CCCCCCC2)c1C. The van der Waals surface area contributed by atoms with Crippen molar-refractivity contribution >= 4 is 0 Å². The Morgan fingerprint density at radius 1 is 1.00 bits per heavy atom. The topological polar surface area (TPSA) is 20.2 Å². The zero-order chi connectivity index (χ0) is 13.0. The first-order valence-corrected chi connectivity index (χ1v) is 7.44. The highest BCUT2D eigenvalue weighted by molar-refractivity contribution is 5.34. The van der Waals surface area contributed by atoms with Crippen LogP contribution in [0.5, 0.6) is 0 Å². The van der Waals surface area contributed by atoms with E-state index in [1.807, 2.05) is 0 Å². The molecule has 2 rings (SSSR count). The van der Waals surface area contributed by atoms with Crippen molar-refractivity contribution in [2.45, 2.75) is 64.9 Å². The fourth-order valence-corrected chi connectivity index (χ4v) is 3.15. The van der Waals surface area contributed by atoms with Crippen LogP contribution in [0.1, 0.15) is 67.7 Å². The van der Waals surface area contributed by atoms with Gasteiger partial charge in [-0.3, -0.25) is 0 Å². The van der Waals surface area contributed by atoms with Crippen LogP contribution in [0.3, 0.4) is 0 Å². The minimum absolute atomic E-state index is 0.261. The van der Waals surface area contributed by atoms with E-state index in [1.54, 1.807) is 0 Å². The van der Waals surface area contributed by atoms with Crippen LogP contribution in [0.25, 0.3) is 0 Å². The quantitative estimate of drug-likeness (QED) is 0.802. The van der Waals surface area contributed by atoms with E-state index >= 15 is 0 Å². The summed E-state index contributed by atoms with van der Waals surface area (Å²) < 4.78 is 0. The van der Waals surface area contributed by atoms with E-state index in [0.717, 1.165) is 5.56 Å². The van der Waals surface area contributed by atoms with Gasteiger partial charge in [-0.2, -0.15) is 0 Å². The molecule has 18 heavy (non-hydrogen) atoms. The Hall–Kier alpha value is -0.820. The van der Waals surface area contributed by atoms with E-state index in [2.05, 4.69) is 32.0 Å². The van der Waals surface area contributed by atoms with Crippen LogP contribution in [-0.4, -0.2) is 5.11 Å². The van der Waals surface area contributed by atoms with E-state index < -0.39 is 0 Å². The van der Waals surface area contributed by atoms with Crippen molar-refractivity contribution in [1.82, 2.24) is 0 Å². The second kappa shape index (κ2) is 6.38. The molecule has 1 heteroatoms. The second-order valence-electron chi connectivity index (χ2n) is 5.84. The summed E-state index contributed by atoms with van der Waals surface area (Å²) in [4.78, 5) is 0. The summed E-state index contributed by atoms with van der Waals surface area (Å²) in [5.74, 6) is 0.464. The summed E-state index contributed by atoms with van der Waals surface area (Å²) in [5.41, 5.74) is 3.71. The zero-order valence-corrected chi connectivity index (χ0v) is 11.8. The molecular formula is C17H26O. The molecule has 0 aliphatic heterocycles. The molecule has 0 amide bonds. The second-order valence-corrected chi connectivity index (χ2v) is 5.84. The van der Waals surface area contributed by atoms with Gasteiger partial charge in [-0.25, -0.2) is 0 Å². The van der Waals surface area contributed by atoms with Gasteiger partial charge in [0.2, 0.25) is 0 Å². The molecule has 1 aromatic rings. The Kier molecular flexibility index (Phi) is 4.82. The number of aliphatic hydroxyl groups is 1. The zero-order valence-electron chi connectivity index (χ0n) is 11.8. The number of hydrogen-bond acceptors (Lipinski definition) is 1. The lowest BCUT2D eigenvalue weighted by atomic mass is 9.83. The van der Waals surface area contributed by atoms with Gasteiger partial charge < -0.3 is 5.11 Å². The Bertz CT molecular complexity index is 375. The van der Waals surface area contributed by atoms with Crippen molar-refractivity contribution in [2.24, 2.45) is 5.92 Å². The van der Waals surface area contributed by atoms with Crippen LogP contribution >= 0.6 is 0 Å². The van der Waals surface area contributed by atoms with Crippen molar-refractivity contribution in [3.8, 4) is 0 Å². The van der Waals surface area contributed by atoms with Gasteiger partial charge in [0.05, 0.1) is 6.10 Å². The third-order valence-corrected chi connectivity index (χ3v) is 4.56. The maximum absolute atomic E-state index is 10.7. The molecular weight excluding hydrogens is 220 g/mol. The van der Waals surface area contributed by atoms with E-state index in [1.165, 1.54) is 56.1 Å². The third-order valence-electron chi connectivity index (χ3n) is 4.56. The lowest BCUT2D eigenvalue weighted by Crippen LogP contribution is -2.15. The van der Waals surface area contributed by atoms with Crippen molar-refractivity contribution < 1.29 is 5.11 Å². The van der Waals surface area contributed by atoms with Gasteiger partial charge in [0.1, 0.15) is 0 Å². The standard InChI is InChI=1S/C17H26O/c1-13-9-8-12-16(14(13)2)17(18)15-10-6-4-3-5-7-11-15/h8-9,12,15,17-18H,3-7,10-11H2,1-2H3. The minimum Gasteiger partial charge on any atom is -0.388 e. The van der Waals surface area contributed by atoms with Crippen molar-refractivity contribution in [3.05, 3.63) is 34.9 Å². The first-order chi connectivity index (χ1) is 8.70. The number of aryl methyl sites for hydroxylation is 1. The summed E-state index contributed by atoms with van der Waals surface area (Å²) >= 11 is 0. The van der Waals surface area contributed by atoms with Crippen LogP contribution < -0.4 is 0 Å². The predicted molar refractivity (Wildman–Crippen MR) is 76.7 cm³/mol. The van der Waals surface area contributed by atoms with Gasteiger partial charge in [-0.05, 0) is 49.3 Å². The van der Waals surface area contributed by atoms with Crippen LogP contribution in [0.2, 0.25) is 0 Å². The first-order valence-electron chi connectivity index (χ1n) is 7.44.